The third-order valence-corrected chi connectivity index (χ3v) is 4.65. The molecule has 1 saturated heterocycles. The Bertz CT molecular complexity index is 701. The smallest absolute Gasteiger partial charge is 0.231 e. The van der Waals surface area contributed by atoms with Gasteiger partial charge in [-0.2, -0.15) is 4.98 Å². The van der Waals surface area contributed by atoms with Gasteiger partial charge in [0.1, 0.15) is 0 Å². The minimum atomic E-state index is -0.156. The molecule has 1 aliphatic heterocycles. The van der Waals surface area contributed by atoms with Crippen molar-refractivity contribution in [1.82, 2.24) is 15.0 Å². The summed E-state index contributed by atoms with van der Waals surface area (Å²) in [5.74, 6) is 1.13. The molecule has 2 aromatic rings. The Balaban J connectivity index is 1.72. The third kappa shape index (κ3) is 3.60. The van der Waals surface area contributed by atoms with Gasteiger partial charge in [0.25, 0.3) is 0 Å². The van der Waals surface area contributed by atoms with Crippen molar-refractivity contribution in [3.05, 3.63) is 35.2 Å². The number of rotatable bonds is 4. The zero-order valence-electron chi connectivity index (χ0n) is 13.6. The van der Waals surface area contributed by atoms with E-state index in [0.717, 1.165) is 24.9 Å². The first-order chi connectivity index (χ1) is 11.6. The number of carbonyl (C=O) groups excluding carboxylic acids is 1. The van der Waals surface area contributed by atoms with Gasteiger partial charge in [0.2, 0.25) is 17.6 Å². The molecule has 7 heteroatoms. The lowest BCUT2D eigenvalue weighted by Gasteiger charge is -2.32. The van der Waals surface area contributed by atoms with Crippen molar-refractivity contribution in [1.29, 1.82) is 0 Å². The van der Waals surface area contributed by atoms with Crippen molar-refractivity contribution in [3.8, 4) is 11.4 Å². The number of halogens is 1. The fourth-order valence-electron chi connectivity index (χ4n) is 2.91. The van der Waals surface area contributed by atoms with E-state index in [-0.39, 0.29) is 17.7 Å². The summed E-state index contributed by atoms with van der Waals surface area (Å²) >= 11 is 5.90. The number of aromatic nitrogens is 2. The zero-order valence-corrected chi connectivity index (χ0v) is 14.4. The maximum absolute atomic E-state index is 12.3. The number of hydrogen-bond donors (Lipinski definition) is 1. The molecule has 1 aromatic heterocycles. The predicted octanol–water partition coefficient (Wildman–Crippen LogP) is 2.69. The topological polar surface area (TPSA) is 85.3 Å². The Labute approximate surface area is 146 Å². The average Bonchev–Trinajstić information content (AvgIpc) is 3.11. The van der Waals surface area contributed by atoms with Gasteiger partial charge >= 0.3 is 0 Å². The fraction of sp³-hybridized carbons (Fsp3) is 0.471. The first-order valence-electron chi connectivity index (χ1n) is 8.17. The van der Waals surface area contributed by atoms with Crippen LogP contribution in [0.5, 0.6) is 0 Å². The van der Waals surface area contributed by atoms with Crippen molar-refractivity contribution in [3.63, 3.8) is 0 Å². The van der Waals surface area contributed by atoms with Crippen LogP contribution in [0.2, 0.25) is 5.02 Å². The number of nitrogens with zero attached hydrogens (tertiary/aromatic N) is 3. The SMILES string of the molecule is CC(CN)C(=O)N1CCCC(c2nc(-c3ccc(Cl)cc3)no2)C1. The molecule has 1 fully saturated rings. The molecular weight excluding hydrogens is 328 g/mol. The van der Waals surface area contributed by atoms with Crippen molar-refractivity contribution < 1.29 is 9.32 Å². The Morgan fingerprint density at radius 1 is 1.46 bits per heavy atom. The lowest BCUT2D eigenvalue weighted by Crippen LogP contribution is -2.43. The maximum Gasteiger partial charge on any atom is 0.231 e. The van der Waals surface area contributed by atoms with Crippen LogP contribution in [0.15, 0.2) is 28.8 Å². The summed E-state index contributed by atoms with van der Waals surface area (Å²) in [4.78, 5) is 18.7. The third-order valence-electron chi connectivity index (χ3n) is 4.40. The van der Waals surface area contributed by atoms with Crippen LogP contribution >= 0.6 is 11.6 Å². The van der Waals surface area contributed by atoms with Crippen LogP contribution in [0.25, 0.3) is 11.4 Å². The van der Waals surface area contributed by atoms with Crippen molar-refractivity contribution in [2.24, 2.45) is 11.7 Å². The summed E-state index contributed by atoms with van der Waals surface area (Å²) in [6, 6.07) is 7.30. The molecule has 2 unspecified atom stereocenters. The van der Waals surface area contributed by atoms with E-state index in [9.17, 15) is 4.79 Å². The molecular formula is C17H21ClN4O2. The van der Waals surface area contributed by atoms with Gasteiger partial charge < -0.3 is 15.2 Å². The normalized spacial score (nSPS) is 19.3. The largest absolute Gasteiger partial charge is 0.342 e. The average molecular weight is 349 g/mol. The minimum Gasteiger partial charge on any atom is -0.342 e. The summed E-state index contributed by atoms with van der Waals surface area (Å²) in [7, 11) is 0. The van der Waals surface area contributed by atoms with E-state index in [1.165, 1.54) is 0 Å². The van der Waals surface area contributed by atoms with Crippen LogP contribution in [0.4, 0.5) is 0 Å². The Morgan fingerprint density at radius 2 is 2.21 bits per heavy atom. The molecule has 1 amide bonds. The van der Waals surface area contributed by atoms with E-state index in [0.29, 0.717) is 29.8 Å². The standard InChI is InChI=1S/C17H21ClN4O2/c1-11(9-19)17(23)22-8-2-3-13(10-22)16-20-15(21-24-16)12-4-6-14(18)7-5-12/h4-7,11,13H,2-3,8-10,19H2,1H3. The van der Waals surface area contributed by atoms with Crippen molar-refractivity contribution in [2.75, 3.05) is 19.6 Å². The second kappa shape index (κ2) is 7.32. The van der Waals surface area contributed by atoms with Crippen LogP contribution in [0.3, 0.4) is 0 Å². The molecule has 6 nitrogen and oxygen atoms in total. The van der Waals surface area contributed by atoms with Gasteiger partial charge in [-0.15, -0.1) is 0 Å². The number of carbonyl (C=O) groups is 1. The lowest BCUT2D eigenvalue weighted by atomic mass is 9.96. The molecule has 0 bridgehead atoms. The molecule has 0 saturated carbocycles. The van der Waals surface area contributed by atoms with Gasteiger partial charge in [-0.1, -0.05) is 23.7 Å². The van der Waals surface area contributed by atoms with Gasteiger partial charge in [0, 0.05) is 36.1 Å². The zero-order chi connectivity index (χ0) is 17.1. The molecule has 0 aliphatic carbocycles. The number of nitrogens with two attached hydrogens (primary N) is 1. The van der Waals surface area contributed by atoms with Crippen molar-refractivity contribution >= 4 is 17.5 Å². The van der Waals surface area contributed by atoms with Crippen LogP contribution in [0.1, 0.15) is 31.6 Å². The van der Waals surface area contributed by atoms with E-state index in [1.807, 2.05) is 24.0 Å². The molecule has 1 aliphatic rings. The van der Waals surface area contributed by atoms with E-state index >= 15 is 0 Å². The summed E-state index contributed by atoms with van der Waals surface area (Å²) in [5.41, 5.74) is 6.46. The first-order valence-corrected chi connectivity index (χ1v) is 8.54. The Kier molecular flexibility index (Phi) is 5.16. The van der Waals surface area contributed by atoms with Gasteiger partial charge in [0.15, 0.2) is 0 Å². The van der Waals surface area contributed by atoms with Gasteiger partial charge in [-0.25, -0.2) is 0 Å². The Hall–Kier alpha value is -1.92. The molecule has 128 valence electrons. The Morgan fingerprint density at radius 3 is 2.92 bits per heavy atom. The van der Waals surface area contributed by atoms with Gasteiger partial charge in [0.05, 0.1) is 5.92 Å². The molecule has 24 heavy (non-hydrogen) atoms. The van der Waals surface area contributed by atoms with Crippen LogP contribution in [0, 0.1) is 5.92 Å². The van der Waals surface area contributed by atoms with Crippen LogP contribution in [-0.4, -0.2) is 40.6 Å². The first kappa shape index (κ1) is 16.9. The summed E-state index contributed by atoms with van der Waals surface area (Å²) in [5, 5.41) is 4.72. The highest BCUT2D eigenvalue weighted by Crippen LogP contribution is 2.28. The molecule has 0 spiro atoms. The quantitative estimate of drug-likeness (QED) is 0.918. The summed E-state index contributed by atoms with van der Waals surface area (Å²) < 4.78 is 5.45. The van der Waals surface area contributed by atoms with Crippen LogP contribution in [-0.2, 0) is 4.79 Å². The second-order valence-electron chi connectivity index (χ2n) is 6.22. The minimum absolute atomic E-state index is 0.0706. The number of piperidine rings is 1. The van der Waals surface area contributed by atoms with E-state index in [4.69, 9.17) is 21.9 Å². The number of likely N-dealkylation sites (tertiary alicyclic amines) is 1. The molecule has 2 atom stereocenters. The monoisotopic (exact) mass is 348 g/mol. The number of benzene rings is 1. The lowest BCUT2D eigenvalue weighted by molar-refractivity contribution is -0.136. The molecule has 2 N–H and O–H groups in total. The molecule has 3 rings (SSSR count). The number of hydrogen-bond acceptors (Lipinski definition) is 5. The predicted molar refractivity (Wildman–Crippen MR) is 91.5 cm³/mol. The van der Waals surface area contributed by atoms with Gasteiger partial charge in [-0.3, -0.25) is 4.79 Å². The molecule has 1 aromatic carbocycles. The number of amides is 1. The molecule has 2 heterocycles. The summed E-state index contributed by atoms with van der Waals surface area (Å²) in [6.07, 6.45) is 1.86. The van der Waals surface area contributed by atoms with E-state index in [2.05, 4.69) is 10.1 Å². The summed E-state index contributed by atoms with van der Waals surface area (Å²) in [6.45, 7) is 3.59. The highest BCUT2D eigenvalue weighted by Gasteiger charge is 2.30. The highest BCUT2D eigenvalue weighted by molar-refractivity contribution is 6.30. The highest BCUT2D eigenvalue weighted by atomic mass is 35.5. The van der Waals surface area contributed by atoms with Gasteiger partial charge in [-0.05, 0) is 37.1 Å². The van der Waals surface area contributed by atoms with Crippen molar-refractivity contribution in [2.45, 2.75) is 25.7 Å². The van der Waals surface area contributed by atoms with E-state index < -0.39 is 0 Å². The fourth-order valence-corrected chi connectivity index (χ4v) is 3.03. The maximum atomic E-state index is 12.3. The van der Waals surface area contributed by atoms with Crippen LogP contribution < -0.4 is 5.73 Å². The van der Waals surface area contributed by atoms with E-state index in [1.54, 1.807) is 12.1 Å². The second-order valence-corrected chi connectivity index (χ2v) is 6.66. The molecule has 0 radical (unpaired) electrons.